The number of primary amides is 1. The van der Waals surface area contributed by atoms with Crippen LogP contribution in [-0.2, 0) is 6.18 Å². The molecule has 176 valence electrons. The molecule has 2 aliphatic carbocycles. The number of anilines is 2. The highest BCUT2D eigenvalue weighted by Crippen LogP contribution is 2.37. The van der Waals surface area contributed by atoms with E-state index >= 15 is 0 Å². The Balaban J connectivity index is 1.50. The van der Waals surface area contributed by atoms with E-state index in [1.54, 1.807) is 4.68 Å². The number of halogens is 3. The van der Waals surface area contributed by atoms with E-state index in [0.717, 1.165) is 24.5 Å². The zero-order valence-electron chi connectivity index (χ0n) is 18.3. The topological polar surface area (TPSA) is 109 Å². The highest BCUT2D eigenvalue weighted by atomic mass is 19.4. The quantitative estimate of drug-likeness (QED) is 0.569. The van der Waals surface area contributed by atoms with Gasteiger partial charge in [-0.25, -0.2) is 0 Å². The highest BCUT2D eigenvalue weighted by molar-refractivity contribution is 5.98. The van der Waals surface area contributed by atoms with Crippen LogP contribution in [0.15, 0.2) is 30.5 Å². The molecule has 0 radical (unpaired) electrons. The molecule has 1 aromatic heterocycles. The van der Waals surface area contributed by atoms with Crippen LogP contribution in [0.2, 0.25) is 0 Å². The van der Waals surface area contributed by atoms with Crippen molar-refractivity contribution in [1.82, 2.24) is 15.1 Å². The summed E-state index contributed by atoms with van der Waals surface area (Å²) < 4.78 is 40.0. The van der Waals surface area contributed by atoms with Crippen LogP contribution in [0.3, 0.4) is 0 Å². The fourth-order valence-electron chi connectivity index (χ4n) is 4.58. The molecule has 0 unspecified atom stereocenters. The van der Waals surface area contributed by atoms with E-state index in [-0.39, 0.29) is 29.4 Å². The van der Waals surface area contributed by atoms with Gasteiger partial charge in [0.1, 0.15) is 5.56 Å². The Morgan fingerprint density at radius 2 is 1.94 bits per heavy atom. The predicted molar refractivity (Wildman–Crippen MR) is 117 cm³/mol. The molecule has 4 N–H and O–H groups in total. The lowest BCUT2D eigenvalue weighted by molar-refractivity contribution is -0.137. The lowest BCUT2D eigenvalue weighted by Gasteiger charge is -2.34. The van der Waals surface area contributed by atoms with Crippen LogP contribution in [0.4, 0.5) is 24.7 Å². The summed E-state index contributed by atoms with van der Waals surface area (Å²) in [6.45, 7) is 2.19. The molecule has 0 spiro atoms. The number of rotatable bonds is 7. The van der Waals surface area contributed by atoms with Crippen molar-refractivity contribution >= 4 is 17.4 Å². The molecule has 1 amide bonds. The molecule has 1 aromatic carbocycles. The first-order valence-corrected chi connectivity index (χ1v) is 11.1. The smallest absolute Gasteiger partial charge is 0.365 e. The number of benzene rings is 1. The number of nitrogens with zero attached hydrogens (tertiary/aromatic N) is 3. The Morgan fingerprint density at radius 3 is 2.52 bits per heavy atom. The van der Waals surface area contributed by atoms with Crippen molar-refractivity contribution in [3.05, 3.63) is 41.6 Å². The first-order chi connectivity index (χ1) is 15.7. The van der Waals surface area contributed by atoms with Crippen molar-refractivity contribution in [3.63, 3.8) is 0 Å². The van der Waals surface area contributed by atoms with Gasteiger partial charge in [-0.1, -0.05) is 0 Å². The van der Waals surface area contributed by atoms with Gasteiger partial charge in [-0.05, 0) is 69.2 Å². The number of nitriles is 1. The maximum Gasteiger partial charge on any atom is 0.416 e. The van der Waals surface area contributed by atoms with E-state index in [9.17, 15) is 23.2 Å². The van der Waals surface area contributed by atoms with Gasteiger partial charge in [-0.2, -0.15) is 23.5 Å². The molecule has 1 heterocycles. The maximum absolute atomic E-state index is 12.8. The Kier molecular flexibility index (Phi) is 6.34. The van der Waals surface area contributed by atoms with Crippen molar-refractivity contribution in [2.75, 3.05) is 5.32 Å². The Labute approximate surface area is 190 Å². The number of aromatic nitrogens is 2. The summed E-state index contributed by atoms with van der Waals surface area (Å²) in [5, 5.41) is 20.8. The molecule has 0 bridgehead atoms. The molecule has 0 aliphatic heterocycles. The zero-order chi connectivity index (χ0) is 23.8. The third kappa shape index (κ3) is 5.30. The Morgan fingerprint density at radius 1 is 1.24 bits per heavy atom. The first-order valence-electron chi connectivity index (χ1n) is 11.1. The third-order valence-electron chi connectivity index (χ3n) is 6.62. The standard InChI is InChI=1S/C23H27F3N6O/c1-13(14-2-3-14)29-18-8-9-20(15(10-18)11-27)32-12-19(21(28)33)22(31-32)30-17-6-4-16(5-7-17)23(24,25)26/h4-7,12-15,18,20,29H,2-3,8-10H2,1H3,(H2,28,33)(H,30,31)/t13-,15+,18+,20-/m0/s1. The van der Waals surface area contributed by atoms with Crippen LogP contribution in [-0.4, -0.2) is 27.8 Å². The zero-order valence-corrected chi connectivity index (χ0v) is 18.3. The number of carbonyl (C=O) groups excluding carboxylic acids is 1. The molecule has 4 atom stereocenters. The van der Waals surface area contributed by atoms with E-state index in [1.807, 2.05) is 0 Å². The number of carbonyl (C=O) groups is 1. The molecule has 2 aliphatic rings. The van der Waals surface area contributed by atoms with E-state index in [0.29, 0.717) is 24.6 Å². The Hall–Kier alpha value is -3.06. The average Bonchev–Trinajstić information content (AvgIpc) is 3.54. The summed E-state index contributed by atoms with van der Waals surface area (Å²) >= 11 is 0. The molecule has 4 rings (SSSR count). The number of nitrogens with one attached hydrogen (secondary N) is 2. The van der Waals surface area contributed by atoms with Gasteiger partial charge in [0.2, 0.25) is 0 Å². The van der Waals surface area contributed by atoms with Crippen LogP contribution in [0.25, 0.3) is 0 Å². The van der Waals surface area contributed by atoms with Crippen LogP contribution in [0.1, 0.15) is 61.0 Å². The van der Waals surface area contributed by atoms with Crippen molar-refractivity contribution < 1.29 is 18.0 Å². The van der Waals surface area contributed by atoms with Gasteiger partial charge in [0.25, 0.3) is 5.91 Å². The molecular formula is C23H27F3N6O. The monoisotopic (exact) mass is 460 g/mol. The summed E-state index contributed by atoms with van der Waals surface area (Å²) in [5.41, 5.74) is 5.20. The molecule has 7 nitrogen and oxygen atoms in total. The number of hydrogen-bond acceptors (Lipinski definition) is 5. The molecule has 33 heavy (non-hydrogen) atoms. The molecule has 2 fully saturated rings. The van der Waals surface area contributed by atoms with Gasteiger partial charge in [0.15, 0.2) is 5.82 Å². The molecule has 2 aromatic rings. The van der Waals surface area contributed by atoms with Crippen LogP contribution < -0.4 is 16.4 Å². The van der Waals surface area contributed by atoms with Crippen LogP contribution in [0.5, 0.6) is 0 Å². The second-order valence-electron chi connectivity index (χ2n) is 9.04. The van der Waals surface area contributed by atoms with Gasteiger partial charge < -0.3 is 16.4 Å². The van der Waals surface area contributed by atoms with Crippen molar-refractivity contribution in [1.29, 1.82) is 5.26 Å². The first kappa shape index (κ1) is 23.1. The fraction of sp³-hybridized carbons (Fsp3) is 0.522. The minimum Gasteiger partial charge on any atom is -0.365 e. The van der Waals surface area contributed by atoms with Crippen LogP contribution in [0, 0.1) is 23.2 Å². The second kappa shape index (κ2) is 9.06. The van der Waals surface area contributed by atoms with Gasteiger partial charge in [0.05, 0.1) is 23.6 Å². The van der Waals surface area contributed by atoms with E-state index < -0.39 is 17.6 Å². The lowest BCUT2D eigenvalue weighted by Crippen LogP contribution is -2.43. The lowest BCUT2D eigenvalue weighted by atomic mass is 9.82. The second-order valence-corrected chi connectivity index (χ2v) is 9.04. The third-order valence-corrected chi connectivity index (χ3v) is 6.62. The minimum absolute atomic E-state index is 0.120. The fourth-order valence-corrected chi connectivity index (χ4v) is 4.58. The predicted octanol–water partition coefficient (Wildman–Crippen LogP) is 4.37. The maximum atomic E-state index is 12.8. The van der Waals surface area contributed by atoms with Gasteiger partial charge in [-0.3, -0.25) is 9.48 Å². The highest BCUT2D eigenvalue weighted by Gasteiger charge is 2.36. The molecule has 10 heteroatoms. The normalized spacial score (nSPS) is 24.2. The SMILES string of the molecule is C[C@H](N[C@@H]1CC[C@H](n2cc(C(N)=O)c(Nc3ccc(C(F)(F)F)cc3)n2)[C@@H](C#N)C1)C1CC1. The summed E-state index contributed by atoms with van der Waals surface area (Å²) in [5.74, 6) is -0.118. The van der Waals surface area contributed by atoms with Crippen molar-refractivity contribution in [2.45, 2.75) is 63.3 Å². The van der Waals surface area contributed by atoms with Crippen LogP contribution >= 0.6 is 0 Å². The molecular weight excluding hydrogens is 433 g/mol. The summed E-state index contributed by atoms with van der Waals surface area (Å²) in [4.78, 5) is 12.0. The number of alkyl halides is 3. The number of amides is 1. The molecule has 2 saturated carbocycles. The summed E-state index contributed by atoms with van der Waals surface area (Å²) in [6, 6.07) is 7.30. The molecule has 0 saturated heterocycles. The van der Waals surface area contributed by atoms with Gasteiger partial charge in [0, 0.05) is 24.0 Å². The summed E-state index contributed by atoms with van der Waals surface area (Å²) in [7, 11) is 0. The average molecular weight is 461 g/mol. The van der Waals surface area contributed by atoms with Gasteiger partial charge >= 0.3 is 6.18 Å². The van der Waals surface area contributed by atoms with E-state index in [1.165, 1.54) is 31.2 Å². The summed E-state index contributed by atoms with van der Waals surface area (Å²) in [6.07, 6.45) is 1.87. The minimum atomic E-state index is -4.44. The van der Waals surface area contributed by atoms with E-state index in [2.05, 4.69) is 28.7 Å². The van der Waals surface area contributed by atoms with Crippen molar-refractivity contribution in [3.8, 4) is 6.07 Å². The Bertz CT molecular complexity index is 1040. The largest absolute Gasteiger partial charge is 0.416 e. The van der Waals surface area contributed by atoms with E-state index in [4.69, 9.17) is 5.73 Å². The van der Waals surface area contributed by atoms with Gasteiger partial charge in [-0.15, -0.1) is 0 Å². The number of hydrogen-bond donors (Lipinski definition) is 3. The van der Waals surface area contributed by atoms with Crippen molar-refractivity contribution in [2.24, 2.45) is 17.6 Å². The number of nitrogens with two attached hydrogens (primary N) is 1.